The monoisotopic (exact) mass is 423 g/mol. The fraction of sp³-hybridized carbons (Fsp3) is 0.368. The molecule has 2 aliphatic rings. The Hall–Kier alpha value is -2.29. The zero-order valence-electron chi connectivity index (χ0n) is 15.2. The molecule has 28 heavy (non-hydrogen) atoms. The van der Waals surface area contributed by atoms with Gasteiger partial charge in [0.15, 0.2) is 11.5 Å². The minimum Gasteiger partial charge on any atom is -0.486 e. The lowest BCUT2D eigenvalue weighted by Crippen LogP contribution is -2.34. The summed E-state index contributed by atoms with van der Waals surface area (Å²) >= 11 is 1.36. The first-order valence-electron chi connectivity index (χ1n) is 9.01. The van der Waals surface area contributed by atoms with Crippen LogP contribution in [0.3, 0.4) is 0 Å². The van der Waals surface area contributed by atoms with E-state index in [0.717, 1.165) is 25.9 Å². The Morgan fingerprint density at radius 3 is 2.29 bits per heavy atom. The molecule has 3 heterocycles. The summed E-state index contributed by atoms with van der Waals surface area (Å²) in [5.41, 5.74) is 1.02. The summed E-state index contributed by atoms with van der Waals surface area (Å²) < 4.78 is 11.2. The maximum atomic E-state index is 12.7. The molecule has 0 unspecified atom stereocenters. The maximum Gasteiger partial charge on any atom is 0.265 e. The number of thiophene rings is 1. The molecule has 9 heteroatoms. The van der Waals surface area contributed by atoms with Crippen LogP contribution in [0.2, 0.25) is 0 Å². The van der Waals surface area contributed by atoms with Crippen LogP contribution in [-0.2, 0) is 4.79 Å². The van der Waals surface area contributed by atoms with Crippen molar-refractivity contribution in [3.8, 4) is 11.5 Å². The van der Waals surface area contributed by atoms with Crippen molar-refractivity contribution in [2.24, 2.45) is 5.92 Å². The Morgan fingerprint density at radius 1 is 1.04 bits per heavy atom. The molecule has 2 aliphatic heterocycles. The van der Waals surface area contributed by atoms with Crippen molar-refractivity contribution in [3.63, 3.8) is 0 Å². The molecule has 150 valence electrons. The van der Waals surface area contributed by atoms with Crippen LogP contribution in [0.15, 0.2) is 29.6 Å². The number of piperidine rings is 1. The highest BCUT2D eigenvalue weighted by atomic mass is 35.5. The summed E-state index contributed by atoms with van der Waals surface area (Å²) in [4.78, 5) is 25.8. The van der Waals surface area contributed by atoms with Gasteiger partial charge in [-0.3, -0.25) is 9.59 Å². The van der Waals surface area contributed by atoms with E-state index < -0.39 is 0 Å². The number of hydrogen-bond acceptors (Lipinski definition) is 6. The molecule has 0 bridgehead atoms. The van der Waals surface area contributed by atoms with Crippen molar-refractivity contribution < 1.29 is 19.1 Å². The van der Waals surface area contributed by atoms with Gasteiger partial charge in [-0.25, -0.2) is 0 Å². The molecule has 0 radical (unpaired) electrons. The molecular formula is C19H22ClN3O4S. The van der Waals surface area contributed by atoms with E-state index in [-0.39, 0.29) is 30.1 Å². The van der Waals surface area contributed by atoms with Crippen LogP contribution in [0.4, 0.5) is 11.4 Å². The van der Waals surface area contributed by atoms with Gasteiger partial charge in [-0.15, -0.1) is 23.7 Å². The average Bonchev–Trinajstić information content (AvgIpc) is 3.24. The van der Waals surface area contributed by atoms with E-state index in [4.69, 9.17) is 9.47 Å². The first kappa shape index (κ1) is 20.4. The van der Waals surface area contributed by atoms with E-state index in [9.17, 15) is 9.59 Å². The molecule has 1 aromatic carbocycles. The summed E-state index contributed by atoms with van der Waals surface area (Å²) in [5, 5.41) is 10.9. The minimum atomic E-state index is -0.223. The lowest BCUT2D eigenvalue weighted by Gasteiger charge is -2.24. The van der Waals surface area contributed by atoms with Crippen molar-refractivity contribution >= 4 is 46.9 Å². The number of amides is 2. The van der Waals surface area contributed by atoms with Gasteiger partial charge in [-0.2, -0.15) is 0 Å². The molecule has 0 saturated carbocycles. The maximum absolute atomic E-state index is 12.7. The molecule has 7 nitrogen and oxygen atoms in total. The highest BCUT2D eigenvalue weighted by Gasteiger charge is 2.24. The molecule has 0 spiro atoms. The number of halogens is 1. The largest absolute Gasteiger partial charge is 0.486 e. The number of carbonyl (C=O) groups excluding carboxylic acids is 2. The zero-order valence-corrected chi connectivity index (χ0v) is 16.8. The second-order valence-electron chi connectivity index (χ2n) is 6.49. The molecule has 1 aromatic heterocycles. The van der Waals surface area contributed by atoms with E-state index in [0.29, 0.717) is 41.0 Å². The second-order valence-corrected chi connectivity index (χ2v) is 7.43. The highest BCUT2D eigenvalue weighted by Crippen LogP contribution is 2.39. The number of ether oxygens (including phenoxy) is 2. The fourth-order valence-corrected chi connectivity index (χ4v) is 3.83. The van der Waals surface area contributed by atoms with Gasteiger partial charge in [0.2, 0.25) is 5.91 Å². The van der Waals surface area contributed by atoms with E-state index >= 15 is 0 Å². The number of carbonyl (C=O) groups is 2. The predicted octanol–water partition coefficient (Wildman–Crippen LogP) is 3.13. The summed E-state index contributed by atoms with van der Waals surface area (Å²) in [6.07, 6.45) is 1.60. The van der Waals surface area contributed by atoms with E-state index in [1.165, 1.54) is 11.3 Å². The van der Waals surface area contributed by atoms with Crippen molar-refractivity contribution in [2.45, 2.75) is 12.8 Å². The third-order valence-corrected chi connectivity index (χ3v) is 5.51. The highest BCUT2D eigenvalue weighted by molar-refractivity contribution is 7.12. The van der Waals surface area contributed by atoms with Gasteiger partial charge >= 0.3 is 0 Å². The quantitative estimate of drug-likeness (QED) is 0.703. The molecule has 2 aromatic rings. The Bertz CT molecular complexity index is 838. The summed E-state index contributed by atoms with van der Waals surface area (Å²) in [5.74, 6) is 0.817. The number of benzene rings is 1. The summed E-state index contributed by atoms with van der Waals surface area (Å²) in [6.45, 7) is 2.57. The molecule has 0 aliphatic carbocycles. The minimum absolute atomic E-state index is 0. The summed E-state index contributed by atoms with van der Waals surface area (Å²) in [6, 6.07) is 7.00. The van der Waals surface area contributed by atoms with Gasteiger partial charge in [-0.05, 0) is 37.4 Å². The molecule has 1 fully saturated rings. The number of rotatable bonds is 4. The van der Waals surface area contributed by atoms with Gasteiger partial charge in [-0.1, -0.05) is 6.07 Å². The first-order chi connectivity index (χ1) is 13.2. The smallest absolute Gasteiger partial charge is 0.265 e. The fourth-order valence-electron chi connectivity index (χ4n) is 3.21. The summed E-state index contributed by atoms with van der Waals surface area (Å²) in [7, 11) is 0. The zero-order chi connectivity index (χ0) is 18.6. The predicted molar refractivity (Wildman–Crippen MR) is 111 cm³/mol. The second kappa shape index (κ2) is 9.27. The third kappa shape index (κ3) is 4.57. The number of nitrogens with one attached hydrogen (secondary N) is 3. The third-order valence-electron chi connectivity index (χ3n) is 4.64. The lowest BCUT2D eigenvalue weighted by molar-refractivity contribution is -0.120. The van der Waals surface area contributed by atoms with Crippen LogP contribution >= 0.6 is 23.7 Å². The molecule has 3 N–H and O–H groups in total. The van der Waals surface area contributed by atoms with Gasteiger partial charge < -0.3 is 25.4 Å². The van der Waals surface area contributed by atoms with Gasteiger partial charge in [0.05, 0.1) is 16.3 Å². The molecule has 2 amide bonds. The van der Waals surface area contributed by atoms with Crippen molar-refractivity contribution in [3.05, 3.63) is 34.5 Å². The van der Waals surface area contributed by atoms with Crippen molar-refractivity contribution in [1.82, 2.24) is 5.32 Å². The topological polar surface area (TPSA) is 88.7 Å². The molecule has 1 saturated heterocycles. The van der Waals surface area contributed by atoms with Gasteiger partial charge in [0, 0.05) is 18.1 Å². The van der Waals surface area contributed by atoms with Crippen LogP contribution in [0.1, 0.15) is 22.5 Å². The molecule has 0 atom stereocenters. The molecular weight excluding hydrogens is 402 g/mol. The number of anilines is 2. The first-order valence-corrected chi connectivity index (χ1v) is 9.89. The molecule has 4 rings (SSSR count). The Balaban J connectivity index is 0.00000225. The average molecular weight is 424 g/mol. The number of hydrogen-bond donors (Lipinski definition) is 3. The lowest BCUT2D eigenvalue weighted by atomic mass is 9.97. The van der Waals surface area contributed by atoms with Crippen LogP contribution in [-0.4, -0.2) is 38.1 Å². The van der Waals surface area contributed by atoms with Gasteiger partial charge in [0.1, 0.15) is 13.2 Å². The Kier molecular flexibility index (Phi) is 6.77. The van der Waals surface area contributed by atoms with Crippen LogP contribution in [0.25, 0.3) is 0 Å². The Morgan fingerprint density at radius 2 is 1.68 bits per heavy atom. The van der Waals surface area contributed by atoms with Crippen molar-refractivity contribution in [1.29, 1.82) is 0 Å². The van der Waals surface area contributed by atoms with Crippen molar-refractivity contribution in [2.75, 3.05) is 36.9 Å². The normalized spacial score (nSPS) is 16.0. The Labute approximate surface area is 173 Å². The van der Waals surface area contributed by atoms with E-state index in [1.54, 1.807) is 18.2 Å². The standard InChI is InChI=1S/C19H21N3O4S.ClH/c23-18(12-3-5-20-6-4-12)21-13-10-15-16(26-8-7-25-15)11-14(13)22-19(24)17-2-1-9-27-17;/h1-2,9-12,20H,3-8H2,(H,21,23)(H,22,24);1H. The van der Waals surface area contributed by atoms with E-state index in [2.05, 4.69) is 16.0 Å². The van der Waals surface area contributed by atoms with E-state index in [1.807, 2.05) is 11.4 Å². The van der Waals surface area contributed by atoms with Crippen LogP contribution in [0, 0.1) is 5.92 Å². The number of fused-ring (bicyclic) bond motifs is 1. The van der Waals surface area contributed by atoms with Crippen LogP contribution in [0.5, 0.6) is 11.5 Å². The van der Waals surface area contributed by atoms with Gasteiger partial charge in [0.25, 0.3) is 5.91 Å². The van der Waals surface area contributed by atoms with Crippen LogP contribution < -0.4 is 25.4 Å². The SMILES string of the molecule is Cl.O=C(Nc1cc2c(cc1NC(=O)C1CCNCC1)OCCO2)c1cccs1.